The molecule has 9 heteroatoms. The van der Waals surface area contributed by atoms with Gasteiger partial charge in [0, 0.05) is 18.8 Å². The maximum absolute atomic E-state index is 13.0. The number of benzene rings is 2. The van der Waals surface area contributed by atoms with Crippen molar-refractivity contribution in [2.45, 2.75) is 38.0 Å². The molecule has 3 rings (SSSR count). The zero-order valence-electron chi connectivity index (χ0n) is 19.2. The van der Waals surface area contributed by atoms with Crippen molar-refractivity contribution in [3.63, 3.8) is 0 Å². The zero-order valence-corrected chi connectivity index (χ0v) is 20.0. The number of rotatable bonds is 11. The second-order valence-electron chi connectivity index (χ2n) is 8.20. The summed E-state index contributed by atoms with van der Waals surface area (Å²) in [5.74, 6) is -0.410. The van der Waals surface area contributed by atoms with Crippen molar-refractivity contribution in [2.75, 3.05) is 31.5 Å². The molecule has 8 nitrogen and oxygen atoms in total. The Bertz CT molecular complexity index is 1090. The number of methoxy groups -OCH3 is 1. The number of amides is 1. The average Bonchev–Trinajstić information content (AvgIpc) is 3.62. The molecule has 178 valence electrons. The van der Waals surface area contributed by atoms with Crippen LogP contribution in [-0.2, 0) is 19.6 Å². The van der Waals surface area contributed by atoms with Crippen molar-refractivity contribution in [3.8, 4) is 5.75 Å². The van der Waals surface area contributed by atoms with Crippen molar-refractivity contribution < 1.29 is 27.5 Å². The number of carbonyl (C=O) groups is 2. The minimum atomic E-state index is -4.04. The van der Waals surface area contributed by atoms with Gasteiger partial charge in [-0.2, -0.15) is 0 Å². The summed E-state index contributed by atoms with van der Waals surface area (Å²) >= 11 is 0. The molecule has 1 aliphatic carbocycles. The number of esters is 1. The van der Waals surface area contributed by atoms with Crippen molar-refractivity contribution >= 4 is 27.6 Å². The molecule has 1 N–H and O–H groups in total. The predicted octanol–water partition coefficient (Wildman–Crippen LogP) is 3.61. The molecule has 0 saturated heterocycles. The molecule has 0 atom stereocenters. The van der Waals surface area contributed by atoms with Gasteiger partial charge in [0.05, 0.1) is 12.7 Å². The number of aryl methyl sites for hydroxylation is 1. The fourth-order valence-electron chi connectivity index (χ4n) is 3.35. The van der Waals surface area contributed by atoms with E-state index in [1.807, 2.05) is 13.8 Å². The third-order valence-electron chi connectivity index (χ3n) is 5.34. The minimum absolute atomic E-state index is 0.0112. The van der Waals surface area contributed by atoms with Gasteiger partial charge in [0.25, 0.3) is 15.9 Å². The molecule has 0 aromatic heterocycles. The molecule has 1 aliphatic rings. The number of ether oxygens (including phenoxy) is 2. The molecule has 1 saturated carbocycles. The van der Waals surface area contributed by atoms with Crippen molar-refractivity contribution in [1.29, 1.82) is 0 Å². The SMILES string of the molecule is CCCN(CC1CC1)C(=O)COC(=O)c1ccc(OC)c(S(=O)(=O)Nc2ccc(C)cc2)c1. The van der Waals surface area contributed by atoms with E-state index in [2.05, 4.69) is 4.72 Å². The van der Waals surface area contributed by atoms with E-state index < -0.39 is 16.0 Å². The molecule has 0 heterocycles. The largest absolute Gasteiger partial charge is 0.495 e. The van der Waals surface area contributed by atoms with Crippen LogP contribution < -0.4 is 9.46 Å². The standard InChI is InChI=1S/C24H30N2O6S/c1-4-13-26(15-18-7-8-18)23(27)16-32-24(28)19-9-12-21(31-3)22(14-19)33(29,30)25-20-10-5-17(2)6-11-20/h5-6,9-12,14,18,25H,4,7-8,13,15-16H2,1-3H3. The second kappa shape index (κ2) is 10.7. The monoisotopic (exact) mass is 474 g/mol. The first-order chi connectivity index (χ1) is 15.7. The van der Waals surface area contributed by atoms with Gasteiger partial charge in [-0.25, -0.2) is 13.2 Å². The first kappa shape index (κ1) is 24.6. The van der Waals surface area contributed by atoms with Crippen LogP contribution in [0.3, 0.4) is 0 Å². The first-order valence-electron chi connectivity index (χ1n) is 11.0. The number of anilines is 1. The zero-order chi connectivity index (χ0) is 24.0. The number of sulfonamides is 1. The highest BCUT2D eigenvalue weighted by molar-refractivity contribution is 7.92. The molecule has 1 amide bonds. The van der Waals surface area contributed by atoms with Crippen LogP contribution in [0.1, 0.15) is 42.1 Å². The molecule has 0 radical (unpaired) electrons. The third kappa shape index (κ3) is 6.71. The Balaban J connectivity index is 1.72. The summed E-state index contributed by atoms with van der Waals surface area (Å²) in [6, 6.07) is 10.8. The van der Waals surface area contributed by atoms with Crippen LogP contribution in [0.25, 0.3) is 0 Å². The van der Waals surface area contributed by atoms with E-state index in [-0.39, 0.29) is 28.7 Å². The second-order valence-corrected chi connectivity index (χ2v) is 9.85. The molecule has 0 aliphatic heterocycles. The molecule has 1 fully saturated rings. The molecule has 2 aromatic carbocycles. The molecule has 2 aromatic rings. The Morgan fingerprint density at radius 3 is 2.42 bits per heavy atom. The van der Waals surface area contributed by atoms with Crippen LogP contribution >= 0.6 is 0 Å². The van der Waals surface area contributed by atoms with E-state index in [1.165, 1.54) is 25.3 Å². The maximum atomic E-state index is 13.0. The lowest BCUT2D eigenvalue weighted by atomic mass is 10.2. The van der Waals surface area contributed by atoms with Crippen LogP contribution in [-0.4, -0.2) is 52.0 Å². The molecule has 0 unspecified atom stereocenters. The summed E-state index contributed by atoms with van der Waals surface area (Å²) in [4.78, 5) is 26.6. The number of hydrogen-bond donors (Lipinski definition) is 1. The minimum Gasteiger partial charge on any atom is -0.495 e. The highest BCUT2D eigenvalue weighted by Crippen LogP contribution is 2.30. The summed E-state index contributed by atoms with van der Waals surface area (Å²) < 4.78 is 38.8. The Kier molecular flexibility index (Phi) is 7.97. The van der Waals surface area contributed by atoms with Gasteiger partial charge < -0.3 is 14.4 Å². The van der Waals surface area contributed by atoms with Crippen molar-refractivity contribution in [3.05, 3.63) is 53.6 Å². The number of nitrogens with one attached hydrogen (secondary N) is 1. The van der Waals surface area contributed by atoms with Gasteiger partial charge in [-0.1, -0.05) is 24.6 Å². The highest BCUT2D eigenvalue weighted by Gasteiger charge is 2.27. The van der Waals surface area contributed by atoms with Crippen LogP contribution in [0.4, 0.5) is 5.69 Å². The summed E-state index contributed by atoms with van der Waals surface area (Å²) in [7, 11) is -2.70. The van der Waals surface area contributed by atoms with Gasteiger partial charge in [-0.15, -0.1) is 0 Å². The molecule has 0 bridgehead atoms. The van der Waals surface area contributed by atoms with Crippen molar-refractivity contribution in [2.24, 2.45) is 5.92 Å². The van der Waals surface area contributed by atoms with Crippen LogP contribution in [0.5, 0.6) is 5.75 Å². The normalized spacial score (nSPS) is 13.3. The van der Waals surface area contributed by atoms with Gasteiger partial charge in [0.1, 0.15) is 10.6 Å². The van der Waals surface area contributed by atoms with Crippen molar-refractivity contribution in [1.82, 2.24) is 4.90 Å². The van der Waals surface area contributed by atoms with Gasteiger partial charge >= 0.3 is 5.97 Å². The molecular weight excluding hydrogens is 444 g/mol. The highest BCUT2D eigenvalue weighted by atomic mass is 32.2. The van der Waals surface area contributed by atoms with Gasteiger partial charge in [-0.05, 0) is 62.4 Å². The smallest absolute Gasteiger partial charge is 0.338 e. The van der Waals surface area contributed by atoms with E-state index in [4.69, 9.17) is 9.47 Å². The number of hydrogen-bond acceptors (Lipinski definition) is 6. The van der Waals surface area contributed by atoms with Gasteiger partial charge in [-0.3, -0.25) is 9.52 Å². The summed E-state index contributed by atoms with van der Waals surface area (Å²) in [6.07, 6.45) is 3.06. The Morgan fingerprint density at radius 2 is 1.82 bits per heavy atom. The molecule has 0 spiro atoms. The fourth-order valence-corrected chi connectivity index (χ4v) is 4.60. The predicted molar refractivity (Wildman–Crippen MR) is 125 cm³/mol. The van der Waals surface area contributed by atoms with E-state index >= 15 is 0 Å². The summed E-state index contributed by atoms with van der Waals surface area (Å²) in [5, 5.41) is 0. The Hall–Kier alpha value is -3.07. The topological polar surface area (TPSA) is 102 Å². The summed E-state index contributed by atoms with van der Waals surface area (Å²) in [6.45, 7) is 4.79. The van der Waals surface area contributed by atoms with Gasteiger partial charge in [0.15, 0.2) is 6.61 Å². The lowest BCUT2D eigenvalue weighted by Crippen LogP contribution is -2.36. The quantitative estimate of drug-likeness (QED) is 0.499. The Labute approximate surface area is 194 Å². The average molecular weight is 475 g/mol. The van der Waals surface area contributed by atoms with Crippen LogP contribution in [0.2, 0.25) is 0 Å². The van der Waals surface area contributed by atoms with E-state index in [1.54, 1.807) is 29.2 Å². The van der Waals surface area contributed by atoms with E-state index in [0.29, 0.717) is 24.7 Å². The summed E-state index contributed by atoms with van der Waals surface area (Å²) in [5.41, 5.74) is 1.38. The van der Waals surface area contributed by atoms with E-state index in [9.17, 15) is 18.0 Å². The number of carbonyl (C=O) groups excluding carboxylic acids is 2. The maximum Gasteiger partial charge on any atom is 0.338 e. The molecule has 33 heavy (non-hydrogen) atoms. The van der Waals surface area contributed by atoms with Crippen LogP contribution in [0.15, 0.2) is 47.4 Å². The third-order valence-corrected chi connectivity index (χ3v) is 6.74. The lowest BCUT2D eigenvalue weighted by Gasteiger charge is -2.21. The molecular formula is C24H30N2O6S. The number of nitrogens with zero attached hydrogens (tertiary/aromatic N) is 1. The Morgan fingerprint density at radius 1 is 1.12 bits per heavy atom. The first-order valence-corrected chi connectivity index (χ1v) is 12.4. The van der Waals surface area contributed by atoms with Gasteiger partial charge in [0.2, 0.25) is 0 Å². The van der Waals surface area contributed by atoms with E-state index in [0.717, 1.165) is 24.8 Å². The van der Waals surface area contributed by atoms with Crippen LogP contribution in [0, 0.1) is 12.8 Å². The fraction of sp³-hybridized carbons (Fsp3) is 0.417. The lowest BCUT2D eigenvalue weighted by molar-refractivity contribution is -0.134.